The van der Waals surface area contributed by atoms with Gasteiger partial charge in [0.15, 0.2) is 0 Å². The van der Waals surface area contributed by atoms with Gasteiger partial charge in [0.2, 0.25) is 10.0 Å². The van der Waals surface area contributed by atoms with E-state index in [0.29, 0.717) is 30.0 Å². The summed E-state index contributed by atoms with van der Waals surface area (Å²) >= 11 is 0. The summed E-state index contributed by atoms with van der Waals surface area (Å²) in [6, 6.07) is 10.5. The molecule has 132 valence electrons. The Labute approximate surface area is 147 Å². The third-order valence-electron chi connectivity index (χ3n) is 4.21. The minimum Gasteiger partial charge on any atom is -0.307 e. The van der Waals surface area contributed by atoms with Crippen LogP contribution in [0.1, 0.15) is 34.5 Å². The highest BCUT2D eigenvalue weighted by molar-refractivity contribution is 7.92. The van der Waals surface area contributed by atoms with Gasteiger partial charge in [0.05, 0.1) is 11.4 Å². The molecule has 3 rings (SSSR count). The Morgan fingerprint density at radius 1 is 1.16 bits per heavy atom. The summed E-state index contributed by atoms with van der Waals surface area (Å²) in [4.78, 5) is 16.7. The Morgan fingerprint density at radius 3 is 2.64 bits per heavy atom. The molecule has 6 nitrogen and oxygen atoms in total. The van der Waals surface area contributed by atoms with Crippen LogP contribution in [0.5, 0.6) is 0 Å². The van der Waals surface area contributed by atoms with Crippen LogP contribution in [0.15, 0.2) is 36.4 Å². The predicted octanol–water partition coefficient (Wildman–Crippen LogP) is 2.88. The molecule has 0 saturated carbocycles. The van der Waals surface area contributed by atoms with E-state index in [0.717, 1.165) is 17.7 Å². The van der Waals surface area contributed by atoms with Crippen molar-refractivity contribution < 1.29 is 13.2 Å². The van der Waals surface area contributed by atoms with Crippen LogP contribution in [-0.4, -0.2) is 31.6 Å². The first-order chi connectivity index (χ1) is 11.9. The van der Waals surface area contributed by atoms with Crippen LogP contribution in [-0.2, 0) is 10.0 Å². The zero-order valence-electron chi connectivity index (χ0n) is 14.3. The summed E-state index contributed by atoms with van der Waals surface area (Å²) in [5.74, 6) is 0.396. The SMILES string of the molecule is Cc1cccc(NC(=O)c2ccc(N3CCCCS3(=O)=O)c(C)c2)n1. The molecule has 1 saturated heterocycles. The number of nitrogens with one attached hydrogen (secondary N) is 1. The molecule has 7 heteroatoms. The maximum Gasteiger partial charge on any atom is 0.256 e. The van der Waals surface area contributed by atoms with Crippen LogP contribution in [0.4, 0.5) is 11.5 Å². The number of nitrogens with zero attached hydrogens (tertiary/aromatic N) is 2. The predicted molar refractivity (Wildman–Crippen MR) is 98.5 cm³/mol. The highest BCUT2D eigenvalue weighted by Crippen LogP contribution is 2.27. The van der Waals surface area contributed by atoms with Crippen molar-refractivity contribution in [1.29, 1.82) is 0 Å². The highest BCUT2D eigenvalue weighted by atomic mass is 32.2. The molecule has 0 atom stereocenters. The second-order valence-corrected chi connectivity index (χ2v) is 8.23. The summed E-state index contributed by atoms with van der Waals surface area (Å²) < 4.78 is 26.0. The molecule has 1 aromatic carbocycles. The Balaban J connectivity index is 1.83. The minimum atomic E-state index is -3.26. The Bertz CT molecular complexity index is 910. The first-order valence-electron chi connectivity index (χ1n) is 8.23. The normalized spacial score (nSPS) is 16.5. The zero-order chi connectivity index (χ0) is 18.0. The topological polar surface area (TPSA) is 79.4 Å². The summed E-state index contributed by atoms with van der Waals surface area (Å²) in [7, 11) is -3.26. The van der Waals surface area contributed by atoms with Gasteiger partial charge >= 0.3 is 0 Å². The molecule has 2 aromatic rings. The lowest BCUT2D eigenvalue weighted by molar-refractivity contribution is 0.102. The molecule has 0 bridgehead atoms. The second kappa shape index (κ2) is 6.84. The number of hydrogen-bond acceptors (Lipinski definition) is 4. The van der Waals surface area contributed by atoms with E-state index in [1.165, 1.54) is 4.31 Å². The Hall–Kier alpha value is -2.41. The second-order valence-electron chi connectivity index (χ2n) is 6.21. The van der Waals surface area contributed by atoms with Crippen LogP contribution in [0.25, 0.3) is 0 Å². The van der Waals surface area contributed by atoms with Gasteiger partial charge < -0.3 is 5.32 Å². The number of carbonyl (C=O) groups excluding carboxylic acids is 1. The van der Waals surface area contributed by atoms with Crippen molar-refractivity contribution >= 4 is 27.4 Å². The third kappa shape index (κ3) is 3.82. The molecule has 25 heavy (non-hydrogen) atoms. The number of aryl methyl sites for hydroxylation is 2. The maximum atomic E-state index is 12.4. The smallest absolute Gasteiger partial charge is 0.256 e. The van der Waals surface area contributed by atoms with Crippen molar-refractivity contribution in [2.75, 3.05) is 21.9 Å². The lowest BCUT2D eigenvalue weighted by atomic mass is 10.1. The standard InChI is InChI=1S/C18H21N3O3S/c1-13-12-15(18(22)20-17-7-5-6-14(2)19-17)8-9-16(13)21-10-3-4-11-25(21,23)24/h5-9,12H,3-4,10-11H2,1-2H3,(H,19,20,22). The summed E-state index contributed by atoms with van der Waals surface area (Å²) in [5, 5.41) is 2.76. The minimum absolute atomic E-state index is 0.174. The van der Waals surface area contributed by atoms with E-state index in [1.54, 1.807) is 24.3 Å². The molecule has 1 amide bonds. The fraction of sp³-hybridized carbons (Fsp3) is 0.333. The number of hydrogen-bond donors (Lipinski definition) is 1. The van der Waals surface area contributed by atoms with E-state index < -0.39 is 10.0 Å². The Morgan fingerprint density at radius 2 is 1.96 bits per heavy atom. The molecule has 1 aliphatic rings. The van der Waals surface area contributed by atoms with Crippen molar-refractivity contribution in [3.8, 4) is 0 Å². The van der Waals surface area contributed by atoms with Gasteiger partial charge in [-0.2, -0.15) is 0 Å². The van der Waals surface area contributed by atoms with E-state index in [-0.39, 0.29) is 11.7 Å². The highest BCUT2D eigenvalue weighted by Gasteiger charge is 2.27. The van der Waals surface area contributed by atoms with Crippen LogP contribution in [0, 0.1) is 13.8 Å². The van der Waals surface area contributed by atoms with Gasteiger partial charge in [-0.3, -0.25) is 9.10 Å². The number of sulfonamides is 1. The van der Waals surface area contributed by atoms with Crippen molar-refractivity contribution in [3.63, 3.8) is 0 Å². The maximum absolute atomic E-state index is 12.4. The molecule has 1 fully saturated rings. The van der Waals surface area contributed by atoms with Gasteiger partial charge in [-0.1, -0.05) is 6.07 Å². The van der Waals surface area contributed by atoms with Crippen LogP contribution < -0.4 is 9.62 Å². The molecule has 1 aromatic heterocycles. The van der Waals surface area contributed by atoms with Gasteiger partial charge in [-0.05, 0) is 62.6 Å². The van der Waals surface area contributed by atoms with E-state index in [1.807, 2.05) is 26.0 Å². The van der Waals surface area contributed by atoms with Gasteiger partial charge in [-0.25, -0.2) is 13.4 Å². The number of pyridine rings is 1. The fourth-order valence-electron chi connectivity index (χ4n) is 2.94. The molecule has 0 spiro atoms. The van der Waals surface area contributed by atoms with E-state index in [4.69, 9.17) is 0 Å². The molecule has 0 aliphatic carbocycles. The summed E-state index contributed by atoms with van der Waals surface area (Å²) in [5.41, 5.74) is 2.69. The quantitative estimate of drug-likeness (QED) is 0.914. The Kier molecular flexibility index (Phi) is 4.76. The van der Waals surface area contributed by atoms with Crippen molar-refractivity contribution in [2.24, 2.45) is 0 Å². The average Bonchev–Trinajstić information content (AvgIpc) is 2.55. The van der Waals surface area contributed by atoms with E-state index in [2.05, 4.69) is 10.3 Å². The first kappa shape index (κ1) is 17.4. The lowest BCUT2D eigenvalue weighted by Crippen LogP contribution is -2.38. The monoisotopic (exact) mass is 359 g/mol. The lowest BCUT2D eigenvalue weighted by Gasteiger charge is -2.29. The third-order valence-corrected chi connectivity index (χ3v) is 6.06. The van der Waals surface area contributed by atoms with Crippen LogP contribution in [0.2, 0.25) is 0 Å². The van der Waals surface area contributed by atoms with Crippen LogP contribution in [0.3, 0.4) is 0 Å². The molecule has 0 unspecified atom stereocenters. The molecule has 1 aliphatic heterocycles. The first-order valence-corrected chi connectivity index (χ1v) is 9.84. The van der Waals surface area contributed by atoms with E-state index >= 15 is 0 Å². The van der Waals surface area contributed by atoms with E-state index in [9.17, 15) is 13.2 Å². The molecular weight excluding hydrogens is 338 g/mol. The molecule has 2 heterocycles. The number of aromatic nitrogens is 1. The number of rotatable bonds is 3. The molecular formula is C18H21N3O3S. The van der Waals surface area contributed by atoms with Gasteiger partial charge in [0, 0.05) is 17.8 Å². The van der Waals surface area contributed by atoms with Crippen LogP contribution >= 0.6 is 0 Å². The number of benzene rings is 1. The van der Waals surface area contributed by atoms with Gasteiger partial charge in [0.25, 0.3) is 5.91 Å². The van der Waals surface area contributed by atoms with Crippen molar-refractivity contribution in [1.82, 2.24) is 4.98 Å². The fourth-order valence-corrected chi connectivity index (χ4v) is 4.64. The zero-order valence-corrected chi connectivity index (χ0v) is 15.1. The number of carbonyl (C=O) groups is 1. The largest absolute Gasteiger partial charge is 0.307 e. The van der Waals surface area contributed by atoms with Crippen molar-refractivity contribution in [3.05, 3.63) is 53.2 Å². The average molecular weight is 359 g/mol. The summed E-state index contributed by atoms with van der Waals surface area (Å²) in [6.07, 6.45) is 1.54. The number of amides is 1. The molecule has 1 N–H and O–H groups in total. The van der Waals surface area contributed by atoms with Crippen molar-refractivity contribution in [2.45, 2.75) is 26.7 Å². The van der Waals surface area contributed by atoms with Gasteiger partial charge in [-0.15, -0.1) is 0 Å². The van der Waals surface area contributed by atoms with Gasteiger partial charge in [0.1, 0.15) is 5.82 Å². The molecule has 0 radical (unpaired) electrons. The number of anilines is 2. The summed E-state index contributed by atoms with van der Waals surface area (Å²) in [6.45, 7) is 4.16.